The second kappa shape index (κ2) is 37.8. The Morgan fingerprint density at radius 1 is 1.00 bits per heavy atom. The van der Waals surface area contributed by atoms with Crippen LogP contribution in [0.25, 0.3) is 0 Å². The molecule has 0 radical (unpaired) electrons. The first-order valence-corrected chi connectivity index (χ1v) is 1.79. The number of rotatable bonds is 2. The summed E-state index contributed by atoms with van der Waals surface area (Å²) in [5, 5.41) is 0. The maximum absolute atomic E-state index is 4.36. The van der Waals surface area contributed by atoms with E-state index in [0.717, 1.165) is 0 Å². The molecule has 2 nitrogen and oxygen atoms in total. The zero-order valence-electron chi connectivity index (χ0n) is 4.89. The molecular formula is C6H12O2. The third-order valence-electron chi connectivity index (χ3n) is 0.192. The van der Waals surface area contributed by atoms with Crippen molar-refractivity contribution in [1.29, 1.82) is 0 Å². The van der Waals surface area contributed by atoms with Gasteiger partial charge in [-0.05, 0) is 0 Å². The van der Waals surface area contributed by atoms with Gasteiger partial charge in [-0.3, -0.25) is 0 Å². The highest BCUT2D eigenvalue weighted by molar-refractivity contribution is 4.57. The molecule has 0 aromatic heterocycles. The van der Waals surface area contributed by atoms with Crippen molar-refractivity contribution in [3.05, 3.63) is 38.8 Å². The smallest absolute Gasteiger partial charge is 0.0829 e. The van der Waals surface area contributed by atoms with Gasteiger partial charge in [0.25, 0.3) is 0 Å². The lowest BCUT2D eigenvalue weighted by molar-refractivity contribution is 0.406. The molecule has 0 aliphatic rings. The Morgan fingerprint density at radius 2 is 1.25 bits per heavy atom. The highest BCUT2D eigenvalue weighted by Crippen LogP contribution is 1.65. The van der Waals surface area contributed by atoms with Crippen LogP contribution in [0.15, 0.2) is 38.8 Å². The van der Waals surface area contributed by atoms with Gasteiger partial charge in [0.15, 0.2) is 0 Å². The van der Waals surface area contributed by atoms with E-state index in [1.165, 1.54) is 12.5 Å². The normalized spacial score (nSPS) is 4.00. The zero-order valence-corrected chi connectivity index (χ0v) is 4.89. The molecule has 48 valence electrons. The first kappa shape index (κ1) is 15.8. The summed E-state index contributed by atoms with van der Waals surface area (Å²) in [6.07, 6.45) is 2.62. The molecule has 0 amide bonds. The molecule has 0 aromatic rings. The average molecular weight is 116 g/mol. The highest BCUT2D eigenvalue weighted by Gasteiger charge is 1.45. The van der Waals surface area contributed by atoms with Gasteiger partial charge in [0.05, 0.1) is 12.5 Å². The van der Waals surface area contributed by atoms with Crippen LogP contribution in [0.3, 0.4) is 0 Å². The molecule has 0 saturated carbocycles. The van der Waals surface area contributed by atoms with Gasteiger partial charge in [-0.25, -0.2) is 0 Å². The van der Waals surface area contributed by atoms with Crippen LogP contribution in [0.5, 0.6) is 0 Å². The second-order valence-electron chi connectivity index (χ2n) is 0.469. The minimum atomic E-state index is 0. The molecule has 0 spiro atoms. The van der Waals surface area contributed by atoms with E-state index in [4.69, 9.17) is 0 Å². The summed E-state index contributed by atoms with van der Waals surface area (Å²) in [6.45, 7) is 12.5. The average Bonchev–Trinajstić information content (AvgIpc) is 1.75. The van der Waals surface area contributed by atoms with Crippen molar-refractivity contribution in [1.82, 2.24) is 0 Å². The maximum Gasteiger partial charge on any atom is 0.0829 e. The van der Waals surface area contributed by atoms with Crippen molar-refractivity contribution in [3.8, 4) is 0 Å². The quantitative estimate of drug-likeness (QED) is 0.395. The predicted molar refractivity (Wildman–Crippen MR) is 36.3 cm³/mol. The lowest BCUT2D eigenvalue weighted by Crippen LogP contribution is -1.52. The van der Waals surface area contributed by atoms with Gasteiger partial charge >= 0.3 is 0 Å². The Hall–Kier alpha value is -1.02. The molecule has 0 aliphatic heterocycles. The summed E-state index contributed by atoms with van der Waals surface area (Å²) in [6, 6.07) is 0. The van der Waals surface area contributed by atoms with E-state index < -0.39 is 0 Å². The molecule has 2 heteroatoms. The van der Waals surface area contributed by atoms with Crippen LogP contribution in [-0.2, 0) is 4.74 Å². The largest absolute Gasteiger partial charge is 0.474 e. The van der Waals surface area contributed by atoms with Crippen LogP contribution in [-0.4, -0.2) is 5.48 Å². The SMILES string of the molecule is C=C.C=COC=C.O. The van der Waals surface area contributed by atoms with Gasteiger partial charge < -0.3 is 10.2 Å². The first-order valence-electron chi connectivity index (χ1n) is 1.79. The topological polar surface area (TPSA) is 40.7 Å². The van der Waals surface area contributed by atoms with Crippen LogP contribution in [0.2, 0.25) is 0 Å². The molecule has 0 saturated heterocycles. The standard InChI is InChI=1S/C4H6O.C2H4.H2O/c1-3-5-4-2;1-2;/h3-4H,1-2H2;1-2H2;1H2. The summed E-state index contributed by atoms with van der Waals surface area (Å²) >= 11 is 0. The van der Waals surface area contributed by atoms with Crippen LogP contribution in [0.1, 0.15) is 0 Å². The van der Waals surface area contributed by atoms with Crippen molar-refractivity contribution in [2.75, 3.05) is 0 Å². The Morgan fingerprint density at radius 3 is 1.25 bits per heavy atom. The van der Waals surface area contributed by atoms with Crippen molar-refractivity contribution >= 4 is 0 Å². The molecular weight excluding hydrogens is 104 g/mol. The third-order valence-corrected chi connectivity index (χ3v) is 0.192. The molecule has 0 atom stereocenters. The van der Waals surface area contributed by atoms with Crippen LogP contribution >= 0.6 is 0 Å². The number of hydrogen-bond acceptors (Lipinski definition) is 1. The van der Waals surface area contributed by atoms with Crippen molar-refractivity contribution < 1.29 is 10.2 Å². The summed E-state index contributed by atoms with van der Waals surface area (Å²) in [7, 11) is 0. The third kappa shape index (κ3) is 82.1. The van der Waals surface area contributed by atoms with Gasteiger partial charge in [-0.2, -0.15) is 0 Å². The van der Waals surface area contributed by atoms with Gasteiger partial charge in [0.1, 0.15) is 0 Å². The summed E-state index contributed by atoms with van der Waals surface area (Å²) < 4.78 is 4.36. The van der Waals surface area contributed by atoms with E-state index in [1.54, 1.807) is 0 Å². The molecule has 0 aliphatic carbocycles. The van der Waals surface area contributed by atoms with Gasteiger partial charge in [-0.1, -0.05) is 13.2 Å². The van der Waals surface area contributed by atoms with Crippen LogP contribution in [0.4, 0.5) is 0 Å². The lowest BCUT2D eigenvalue weighted by atomic mass is 11.1. The fraction of sp³-hybridized carbons (Fsp3) is 0. The number of hydrogen-bond donors (Lipinski definition) is 0. The fourth-order valence-corrected chi connectivity index (χ4v) is 0.0680. The molecule has 0 unspecified atom stereocenters. The van der Waals surface area contributed by atoms with Gasteiger partial charge in [0.2, 0.25) is 0 Å². The molecule has 0 heterocycles. The molecule has 0 rings (SSSR count). The van der Waals surface area contributed by atoms with Crippen molar-refractivity contribution in [2.24, 2.45) is 0 Å². The van der Waals surface area contributed by atoms with E-state index in [9.17, 15) is 0 Å². The molecule has 0 aromatic carbocycles. The highest BCUT2D eigenvalue weighted by atomic mass is 16.5. The first-order chi connectivity index (χ1) is 3.41. The Labute approximate surface area is 50.1 Å². The van der Waals surface area contributed by atoms with E-state index in [0.29, 0.717) is 0 Å². The zero-order chi connectivity index (χ0) is 6.12. The van der Waals surface area contributed by atoms with Gasteiger partial charge in [-0.15, -0.1) is 13.2 Å². The predicted octanol–water partition coefficient (Wildman–Crippen LogP) is 1.27. The van der Waals surface area contributed by atoms with E-state index in [-0.39, 0.29) is 5.48 Å². The van der Waals surface area contributed by atoms with Crippen molar-refractivity contribution in [2.45, 2.75) is 0 Å². The van der Waals surface area contributed by atoms with Gasteiger partial charge in [0, 0.05) is 0 Å². The maximum atomic E-state index is 4.36. The molecule has 2 N–H and O–H groups in total. The van der Waals surface area contributed by atoms with E-state index in [2.05, 4.69) is 31.1 Å². The summed E-state index contributed by atoms with van der Waals surface area (Å²) in [5.41, 5.74) is 0. The molecule has 0 fully saturated rings. The Kier molecular flexibility index (Phi) is 74.5. The minimum Gasteiger partial charge on any atom is -0.474 e. The summed E-state index contributed by atoms with van der Waals surface area (Å²) in [5.74, 6) is 0. The van der Waals surface area contributed by atoms with E-state index >= 15 is 0 Å². The Balaban J connectivity index is -0.0000000750. The monoisotopic (exact) mass is 116 g/mol. The van der Waals surface area contributed by atoms with Crippen LogP contribution in [0, 0.1) is 0 Å². The van der Waals surface area contributed by atoms with Crippen molar-refractivity contribution in [3.63, 3.8) is 0 Å². The van der Waals surface area contributed by atoms with Crippen LogP contribution < -0.4 is 0 Å². The number of ether oxygens (including phenoxy) is 1. The molecule has 0 bridgehead atoms. The van der Waals surface area contributed by atoms with E-state index in [1.807, 2.05) is 0 Å². The summed E-state index contributed by atoms with van der Waals surface area (Å²) in [4.78, 5) is 0. The second-order valence-corrected chi connectivity index (χ2v) is 0.469. The fourth-order valence-electron chi connectivity index (χ4n) is 0.0680. The molecule has 8 heavy (non-hydrogen) atoms. The Bertz CT molecular complexity index is 44.5. The lowest BCUT2D eigenvalue weighted by Gasteiger charge is -1.76. The minimum absolute atomic E-state index is 0.